The first kappa shape index (κ1) is 16.4. The number of rotatable bonds is 1. The largest absolute Gasteiger partial charge is 0.393 e. The average Bonchev–Trinajstić information content (AvgIpc) is 2.85. The molecule has 2 heteroatoms. The van der Waals surface area contributed by atoms with E-state index < -0.39 is 0 Å². The van der Waals surface area contributed by atoms with Crippen LogP contribution in [0.3, 0.4) is 0 Å². The van der Waals surface area contributed by atoms with E-state index in [1.165, 1.54) is 44.9 Å². The van der Waals surface area contributed by atoms with Gasteiger partial charge in [0.2, 0.25) is 0 Å². The molecule has 4 rings (SSSR count). The van der Waals surface area contributed by atoms with E-state index in [0.717, 1.165) is 36.5 Å². The summed E-state index contributed by atoms with van der Waals surface area (Å²) in [5.41, 5.74) is 0.860. The Morgan fingerprint density at radius 3 is 2.30 bits per heavy atom. The SMILES string of the molecule is C[C@@H](O)[C@H]1CC[C@H]2[C@@H]3CCC4CC(O)CC[C@]4(C)[C@H]3CC[C@]12C. The van der Waals surface area contributed by atoms with E-state index in [9.17, 15) is 10.2 Å². The maximum absolute atomic E-state index is 10.3. The van der Waals surface area contributed by atoms with Gasteiger partial charge in [-0.05, 0) is 105 Å². The maximum Gasteiger partial charge on any atom is 0.0545 e. The zero-order chi connectivity index (χ0) is 16.4. The van der Waals surface area contributed by atoms with E-state index in [0.29, 0.717) is 16.7 Å². The third-order valence-electron chi connectivity index (χ3n) is 9.29. The molecule has 0 amide bonds. The fourth-order valence-corrected chi connectivity index (χ4v) is 8.07. The molecule has 4 saturated carbocycles. The molecule has 23 heavy (non-hydrogen) atoms. The van der Waals surface area contributed by atoms with Crippen LogP contribution in [0.2, 0.25) is 0 Å². The molecule has 132 valence electrons. The van der Waals surface area contributed by atoms with Crippen molar-refractivity contribution < 1.29 is 10.2 Å². The van der Waals surface area contributed by atoms with Crippen LogP contribution in [0.25, 0.3) is 0 Å². The molecule has 0 heterocycles. The van der Waals surface area contributed by atoms with Gasteiger partial charge in [0.15, 0.2) is 0 Å². The van der Waals surface area contributed by atoms with Crippen LogP contribution in [-0.2, 0) is 0 Å². The lowest BCUT2D eigenvalue weighted by molar-refractivity contribution is -0.132. The van der Waals surface area contributed by atoms with Gasteiger partial charge in [0.25, 0.3) is 0 Å². The van der Waals surface area contributed by atoms with Crippen molar-refractivity contribution in [2.75, 3.05) is 0 Å². The molecular weight excluding hydrogens is 284 g/mol. The molecule has 0 aliphatic heterocycles. The summed E-state index contributed by atoms with van der Waals surface area (Å²) in [7, 11) is 0. The summed E-state index contributed by atoms with van der Waals surface area (Å²) in [5, 5.41) is 20.4. The Labute approximate surface area is 142 Å². The van der Waals surface area contributed by atoms with Gasteiger partial charge >= 0.3 is 0 Å². The summed E-state index contributed by atoms with van der Waals surface area (Å²) < 4.78 is 0. The van der Waals surface area contributed by atoms with Gasteiger partial charge < -0.3 is 10.2 Å². The second-order valence-electron chi connectivity index (χ2n) is 10.1. The van der Waals surface area contributed by atoms with E-state index in [4.69, 9.17) is 0 Å². The highest BCUT2D eigenvalue weighted by atomic mass is 16.3. The van der Waals surface area contributed by atoms with Gasteiger partial charge in [-0.15, -0.1) is 0 Å². The second kappa shape index (κ2) is 5.46. The zero-order valence-corrected chi connectivity index (χ0v) is 15.3. The lowest BCUT2D eigenvalue weighted by Crippen LogP contribution is -2.54. The van der Waals surface area contributed by atoms with E-state index in [1.54, 1.807) is 0 Å². The molecule has 4 aliphatic carbocycles. The minimum atomic E-state index is -0.140. The highest BCUT2D eigenvalue weighted by Crippen LogP contribution is 2.67. The van der Waals surface area contributed by atoms with Crippen molar-refractivity contribution >= 4 is 0 Å². The predicted octanol–water partition coefficient (Wildman–Crippen LogP) is 4.39. The number of hydrogen-bond acceptors (Lipinski definition) is 2. The molecule has 4 aliphatic rings. The molecule has 9 atom stereocenters. The third kappa shape index (κ3) is 2.27. The first-order valence-corrected chi connectivity index (χ1v) is 10.2. The van der Waals surface area contributed by atoms with Gasteiger partial charge in [-0.25, -0.2) is 0 Å². The summed E-state index contributed by atoms with van der Waals surface area (Å²) >= 11 is 0. The maximum atomic E-state index is 10.3. The molecule has 2 unspecified atom stereocenters. The summed E-state index contributed by atoms with van der Waals surface area (Å²) in [6, 6.07) is 0. The molecule has 0 aromatic heterocycles. The Morgan fingerprint density at radius 2 is 1.57 bits per heavy atom. The zero-order valence-electron chi connectivity index (χ0n) is 15.3. The summed E-state index contributed by atoms with van der Waals surface area (Å²) in [5.74, 6) is 3.87. The lowest BCUT2D eigenvalue weighted by Gasteiger charge is -2.61. The molecule has 0 radical (unpaired) electrons. The van der Waals surface area contributed by atoms with Crippen molar-refractivity contribution in [3.63, 3.8) is 0 Å². The third-order valence-corrected chi connectivity index (χ3v) is 9.29. The van der Waals surface area contributed by atoms with Crippen molar-refractivity contribution in [3.05, 3.63) is 0 Å². The number of aliphatic hydroxyl groups is 2. The molecule has 0 aromatic carbocycles. The summed E-state index contributed by atoms with van der Waals surface area (Å²) in [6.45, 7) is 7.08. The lowest BCUT2D eigenvalue weighted by atomic mass is 9.44. The standard InChI is InChI=1S/C21H36O2/c1-13(22)17-6-7-18-16-5-4-14-12-15(23)8-10-20(14,2)19(16)9-11-21(17,18)3/h13-19,22-23H,4-12H2,1-3H3/t13-,14?,15?,16+,17-,18+,19+,20+,21-/m1/s1. The van der Waals surface area contributed by atoms with Gasteiger partial charge in [-0.2, -0.15) is 0 Å². The van der Waals surface area contributed by atoms with Crippen LogP contribution in [0.5, 0.6) is 0 Å². The van der Waals surface area contributed by atoms with Crippen molar-refractivity contribution in [3.8, 4) is 0 Å². The van der Waals surface area contributed by atoms with Gasteiger partial charge in [0.1, 0.15) is 0 Å². The predicted molar refractivity (Wildman–Crippen MR) is 92.9 cm³/mol. The molecule has 0 bridgehead atoms. The quantitative estimate of drug-likeness (QED) is 0.752. The minimum Gasteiger partial charge on any atom is -0.393 e. The molecular formula is C21H36O2. The van der Waals surface area contributed by atoms with Crippen molar-refractivity contribution in [2.45, 2.75) is 90.8 Å². The van der Waals surface area contributed by atoms with Crippen LogP contribution in [0.4, 0.5) is 0 Å². The van der Waals surface area contributed by atoms with Crippen LogP contribution in [-0.4, -0.2) is 22.4 Å². The Kier molecular flexibility index (Phi) is 3.89. The highest BCUT2D eigenvalue weighted by Gasteiger charge is 2.60. The molecule has 4 fully saturated rings. The normalized spacial score (nSPS) is 57.3. The van der Waals surface area contributed by atoms with Crippen molar-refractivity contribution in [1.82, 2.24) is 0 Å². The first-order chi connectivity index (χ1) is 10.9. The van der Waals surface area contributed by atoms with Crippen LogP contribution >= 0.6 is 0 Å². The van der Waals surface area contributed by atoms with E-state index >= 15 is 0 Å². The molecule has 0 saturated heterocycles. The minimum absolute atomic E-state index is 0.0374. The van der Waals surface area contributed by atoms with E-state index in [-0.39, 0.29) is 12.2 Å². The van der Waals surface area contributed by atoms with Crippen LogP contribution in [0.1, 0.15) is 78.6 Å². The fourth-order valence-electron chi connectivity index (χ4n) is 8.07. The fraction of sp³-hybridized carbons (Fsp3) is 1.00. The molecule has 2 N–H and O–H groups in total. The molecule has 0 aromatic rings. The number of fused-ring (bicyclic) bond motifs is 5. The van der Waals surface area contributed by atoms with Gasteiger partial charge in [-0.3, -0.25) is 0 Å². The van der Waals surface area contributed by atoms with Crippen LogP contribution < -0.4 is 0 Å². The summed E-state index contributed by atoms with van der Waals surface area (Å²) in [6.07, 6.45) is 11.1. The Balaban J connectivity index is 1.60. The smallest absolute Gasteiger partial charge is 0.0545 e. The second-order valence-corrected chi connectivity index (χ2v) is 10.1. The highest BCUT2D eigenvalue weighted by molar-refractivity contribution is 5.09. The van der Waals surface area contributed by atoms with Gasteiger partial charge in [-0.1, -0.05) is 13.8 Å². The Hall–Kier alpha value is -0.0800. The Bertz CT molecular complexity index is 461. The first-order valence-electron chi connectivity index (χ1n) is 10.2. The number of aliphatic hydroxyl groups excluding tert-OH is 2. The van der Waals surface area contributed by atoms with Crippen LogP contribution in [0.15, 0.2) is 0 Å². The summed E-state index contributed by atoms with van der Waals surface area (Å²) in [4.78, 5) is 0. The topological polar surface area (TPSA) is 40.5 Å². The average molecular weight is 321 g/mol. The Morgan fingerprint density at radius 1 is 0.870 bits per heavy atom. The monoisotopic (exact) mass is 320 g/mol. The van der Waals surface area contributed by atoms with Crippen LogP contribution in [0, 0.1) is 40.4 Å². The molecule has 0 spiro atoms. The van der Waals surface area contributed by atoms with E-state index in [2.05, 4.69) is 13.8 Å². The van der Waals surface area contributed by atoms with Crippen molar-refractivity contribution in [2.24, 2.45) is 40.4 Å². The number of hydrogen-bond donors (Lipinski definition) is 2. The van der Waals surface area contributed by atoms with Gasteiger partial charge in [0.05, 0.1) is 12.2 Å². The van der Waals surface area contributed by atoms with Crippen molar-refractivity contribution in [1.29, 1.82) is 0 Å². The molecule has 2 nitrogen and oxygen atoms in total. The van der Waals surface area contributed by atoms with Gasteiger partial charge in [0, 0.05) is 0 Å². The van der Waals surface area contributed by atoms with E-state index in [1.807, 2.05) is 6.92 Å².